The van der Waals surface area contributed by atoms with Crippen molar-refractivity contribution >= 4 is 11.7 Å². The fourth-order valence-corrected chi connectivity index (χ4v) is 3.83. The molecule has 0 N–H and O–H groups in total. The number of hydrogen-bond donors (Lipinski definition) is 0. The number of amides is 1. The number of carbonyl (C=O) groups excluding carboxylic acids is 1. The van der Waals surface area contributed by atoms with Gasteiger partial charge in [0.15, 0.2) is 5.82 Å². The summed E-state index contributed by atoms with van der Waals surface area (Å²) < 4.78 is 0. The topological polar surface area (TPSA) is 49.3 Å². The van der Waals surface area contributed by atoms with Crippen LogP contribution in [0.15, 0.2) is 48.5 Å². The van der Waals surface area contributed by atoms with Crippen LogP contribution >= 0.6 is 0 Å². The van der Waals surface area contributed by atoms with Crippen LogP contribution in [0.25, 0.3) is 11.4 Å². The minimum absolute atomic E-state index is 0.102. The van der Waals surface area contributed by atoms with Crippen LogP contribution in [0.4, 0.5) is 5.82 Å². The molecule has 1 fully saturated rings. The maximum absolute atomic E-state index is 12.8. The third-order valence-electron chi connectivity index (χ3n) is 5.80. The number of hydrogen-bond acceptors (Lipinski definition) is 4. The highest BCUT2D eigenvalue weighted by molar-refractivity contribution is 5.94. The van der Waals surface area contributed by atoms with E-state index in [4.69, 9.17) is 9.97 Å². The quantitative estimate of drug-likeness (QED) is 0.656. The van der Waals surface area contributed by atoms with Crippen LogP contribution in [-0.2, 0) is 0 Å². The van der Waals surface area contributed by atoms with Crippen LogP contribution in [0.1, 0.15) is 32.7 Å². The normalized spacial score (nSPS) is 14.1. The lowest BCUT2D eigenvalue weighted by Gasteiger charge is -2.36. The van der Waals surface area contributed by atoms with E-state index >= 15 is 0 Å². The average molecular weight is 401 g/mol. The molecule has 1 aliphatic rings. The van der Waals surface area contributed by atoms with Gasteiger partial charge in [-0.1, -0.05) is 41.5 Å². The lowest BCUT2D eigenvalue weighted by atomic mass is 10.1. The molecule has 5 nitrogen and oxygen atoms in total. The highest BCUT2D eigenvalue weighted by atomic mass is 16.2. The molecule has 0 aliphatic carbocycles. The molecule has 0 unspecified atom stereocenters. The van der Waals surface area contributed by atoms with E-state index < -0.39 is 0 Å². The molecule has 1 aromatic heterocycles. The molecule has 154 valence electrons. The molecular weight excluding hydrogens is 372 g/mol. The minimum Gasteiger partial charge on any atom is -0.353 e. The van der Waals surface area contributed by atoms with Crippen molar-refractivity contribution in [2.75, 3.05) is 31.1 Å². The second-order valence-corrected chi connectivity index (χ2v) is 8.10. The number of anilines is 1. The molecule has 5 heteroatoms. The van der Waals surface area contributed by atoms with Crippen molar-refractivity contribution in [3.8, 4) is 11.4 Å². The van der Waals surface area contributed by atoms with Crippen molar-refractivity contribution in [1.82, 2.24) is 14.9 Å². The van der Waals surface area contributed by atoms with Crippen LogP contribution in [0, 0.1) is 27.7 Å². The zero-order valence-electron chi connectivity index (χ0n) is 18.1. The Morgan fingerprint density at radius 3 is 2.20 bits per heavy atom. The standard InChI is InChI=1S/C25H28N4O/c1-17-8-10-21(11-9-17)25(30)29-14-12-28(13-15-29)24-19(3)20(4)26-23(27-24)22-7-5-6-18(2)16-22/h5-11,16H,12-15H2,1-4H3. The van der Waals surface area contributed by atoms with Crippen LogP contribution in [0.2, 0.25) is 0 Å². The van der Waals surface area contributed by atoms with Gasteiger partial charge < -0.3 is 9.80 Å². The van der Waals surface area contributed by atoms with Gasteiger partial charge in [0.25, 0.3) is 5.91 Å². The average Bonchev–Trinajstić information content (AvgIpc) is 2.76. The van der Waals surface area contributed by atoms with Crippen LogP contribution in [-0.4, -0.2) is 47.0 Å². The molecular formula is C25H28N4O. The first-order chi connectivity index (χ1) is 14.4. The first-order valence-electron chi connectivity index (χ1n) is 10.5. The maximum Gasteiger partial charge on any atom is 0.253 e. The molecule has 1 saturated heterocycles. The zero-order chi connectivity index (χ0) is 21.3. The van der Waals surface area contributed by atoms with Gasteiger partial charge in [-0.3, -0.25) is 4.79 Å². The maximum atomic E-state index is 12.8. The van der Waals surface area contributed by atoms with E-state index in [1.807, 2.05) is 49.1 Å². The highest BCUT2D eigenvalue weighted by Gasteiger charge is 2.24. The Balaban J connectivity index is 1.53. The molecule has 0 bridgehead atoms. The monoisotopic (exact) mass is 400 g/mol. The number of carbonyl (C=O) groups is 1. The summed E-state index contributed by atoms with van der Waals surface area (Å²) in [6.45, 7) is 11.1. The van der Waals surface area contributed by atoms with Crippen LogP contribution < -0.4 is 4.90 Å². The molecule has 2 heterocycles. The Morgan fingerprint density at radius 2 is 1.53 bits per heavy atom. The summed E-state index contributed by atoms with van der Waals surface area (Å²) in [5.74, 6) is 1.84. The lowest BCUT2D eigenvalue weighted by molar-refractivity contribution is 0.0746. The Kier molecular flexibility index (Phi) is 5.53. The Morgan fingerprint density at radius 1 is 0.833 bits per heavy atom. The summed E-state index contributed by atoms with van der Waals surface area (Å²) in [6, 6.07) is 16.1. The SMILES string of the molecule is Cc1ccc(C(=O)N2CCN(c3nc(-c4cccc(C)c4)nc(C)c3C)CC2)cc1. The van der Waals surface area contributed by atoms with Crippen molar-refractivity contribution < 1.29 is 4.79 Å². The van der Waals surface area contributed by atoms with Gasteiger partial charge in [0.1, 0.15) is 5.82 Å². The van der Waals surface area contributed by atoms with Gasteiger partial charge in [0, 0.05) is 48.6 Å². The summed E-state index contributed by atoms with van der Waals surface area (Å²) in [5.41, 5.74) is 6.24. The third kappa shape index (κ3) is 4.06. The van der Waals surface area contributed by atoms with Crippen molar-refractivity contribution in [1.29, 1.82) is 0 Å². The van der Waals surface area contributed by atoms with Crippen molar-refractivity contribution in [2.45, 2.75) is 27.7 Å². The predicted octanol–water partition coefficient (Wildman–Crippen LogP) is 4.34. The summed E-state index contributed by atoms with van der Waals surface area (Å²) in [5, 5.41) is 0. The Hall–Kier alpha value is -3.21. The van der Waals surface area contributed by atoms with E-state index in [1.165, 1.54) is 5.56 Å². The molecule has 3 aromatic rings. The van der Waals surface area contributed by atoms with Gasteiger partial charge in [-0.15, -0.1) is 0 Å². The summed E-state index contributed by atoms with van der Waals surface area (Å²) >= 11 is 0. The molecule has 4 rings (SSSR count). The molecule has 2 aromatic carbocycles. The van der Waals surface area contributed by atoms with Gasteiger partial charge in [-0.25, -0.2) is 9.97 Å². The van der Waals surface area contributed by atoms with Crippen LogP contribution in [0.5, 0.6) is 0 Å². The Labute approximate surface area is 178 Å². The molecule has 0 saturated carbocycles. The molecule has 1 aliphatic heterocycles. The first-order valence-corrected chi connectivity index (χ1v) is 10.5. The van der Waals surface area contributed by atoms with E-state index in [-0.39, 0.29) is 5.91 Å². The number of benzene rings is 2. The lowest BCUT2D eigenvalue weighted by Crippen LogP contribution is -2.49. The number of nitrogens with zero attached hydrogens (tertiary/aromatic N) is 4. The van der Waals surface area contributed by atoms with Crippen molar-refractivity contribution in [3.05, 3.63) is 76.5 Å². The van der Waals surface area contributed by atoms with Crippen LogP contribution in [0.3, 0.4) is 0 Å². The number of aryl methyl sites for hydroxylation is 3. The number of aromatic nitrogens is 2. The van der Waals surface area contributed by atoms with Gasteiger partial charge in [-0.05, 0) is 45.9 Å². The van der Waals surface area contributed by atoms with Gasteiger partial charge in [0.05, 0.1) is 0 Å². The first kappa shape index (κ1) is 20.1. The van der Waals surface area contributed by atoms with E-state index in [2.05, 4.69) is 36.9 Å². The summed E-state index contributed by atoms with van der Waals surface area (Å²) in [6.07, 6.45) is 0. The smallest absolute Gasteiger partial charge is 0.253 e. The second-order valence-electron chi connectivity index (χ2n) is 8.10. The molecule has 1 amide bonds. The summed E-state index contributed by atoms with van der Waals surface area (Å²) in [4.78, 5) is 26.7. The van der Waals surface area contributed by atoms with Gasteiger partial charge >= 0.3 is 0 Å². The fraction of sp³-hybridized carbons (Fsp3) is 0.320. The van der Waals surface area contributed by atoms with E-state index in [0.717, 1.165) is 52.7 Å². The predicted molar refractivity (Wildman–Crippen MR) is 121 cm³/mol. The molecule has 30 heavy (non-hydrogen) atoms. The zero-order valence-corrected chi connectivity index (χ0v) is 18.1. The van der Waals surface area contributed by atoms with E-state index in [0.29, 0.717) is 13.1 Å². The summed E-state index contributed by atoms with van der Waals surface area (Å²) in [7, 11) is 0. The molecule has 0 spiro atoms. The molecule has 0 radical (unpaired) electrons. The van der Waals surface area contributed by atoms with Gasteiger partial charge in [0.2, 0.25) is 0 Å². The Bertz CT molecular complexity index is 1070. The van der Waals surface area contributed by atoms with Gasteiger partial charge in [-0.2, -0.15) is 0 Å². The van der Waals surface area contributed by atoms with Crippen molar-refractivity contribution in [3.63, 3.8) is 0 Å². The fourth-order valence-electron chi connectivity index (χ4n) is 3.83. The van der Waals surface area contributed by atoms with Crippen molar-refractivity contribution in [2.24, 2.45) is 0 Å². The molecule has 0 atom stereocenters. The second kappa shape index (κ2) is 8.27. The largest absolute Gasteiger partial charge is 0.353 e. The van der Waals surface area contributed by atoms with E-state index in [9.17, 15) is 4.79 Å². The highest BCUT2D eigenvalue weighted by Crippen LogP contribution is 2.26. The van der Waals surface area contributed by atoms with E-state index in [1.54, 1.807) is 0 Å². The number of piperazine rings is 1. The third-order valence-corrected chi connectivity index (χ3v) is 5.80. The number of rotatable bonds is 3. The minimum atomic E-state index is 0.102.